The van der Waals surface area contributed by atoms with E-state index in [9.17, 15) is 4.39 Å². The molecule has 2 N–H and O–H groups in total. The Morgan fingerprint density at radius 2 is 2.27 bits per heavy atom. The lowest BCUT2D eigenvalue weighted by atomic mass is 10.1. The molecule has 3 rings (SSSR count). The highest BCUT2D eigenvalue weighted by molar-refractivity contribution is 5.85. The number of rotatable bonds is 4. The van der Waals surface area contributed by atoms with Crippen molar-refractivity contribution in [3.8, 4) is 0 Å². The standard InChI is InChI=1S/C14H17FN4O2.ClH/c15-11-3-1-2-10(6-11)12-8-19(4-5-20-12)9-13-17-14(7-16)21-18-13;/h1-3,6,12H,4-5,7-9,16H2;1H. The van der Waals surface area contributed by atoms with Crippen LogP contribution in [0.4, 0.5) is 4.39 Å². The van der Waals surface area contributed by atoms with E-state index in [1.807, 2.05) is 6.07 Å². The molecule has 6 nitrogen and oxygen atoms in total. The minimum absolute atomic E-state index is 0. The number of aromatic nitrogens is 2. The topological polar surface area (TPSA) is 77.4 Å². The molecule has 1 atom stereocenters. The second-order valence-electron chi connectivity index (χ2n) is 4.96. The van der Waals surface area contributed by atoms with Crippen molar-refractivity contribution in [3.63, 3.8) is 0 Å². The Kier molecular flexibility index (Phi) is 5.84. The van der Waals surface area contributed by atoms with Crippen LogP contribution in [-0.4, -0.2) is 34.7 Å². The number of nitrogens with two attached hydrogens (primary N) is 1. The van der Waals surface area contributed by atoms with Crippen molar-refractivity contribution in [1.29, 1.82) is 0 Å². The molecule has 1 aliphatic rings. The summed E-state index contributed by atoms with van der Waals surface area (Å²) in [5, 5.41) is 3.88. The van der Waals surface area contributed by atoms with E-state index in [4.69, 9.17) is 15.0 Å². The summed E-state index contributed by atoms with van der Waals surface area (Å²) in [6, 6.07) is 6.50. The smallest absolute Gasteiger partial charge is 0.240 e. The monoisotopic (exact) mass is 328 g/mol. The molecule has 120 valence electrons. The van der Waals surface area contributed by atoms with E-state index in [-0.39, 0.29) is 30.9 Å². The van der Waals surface area contributed by atoms with Crippen LogP contribution in [0.3, 0.4) is 0 Å². The molecular formula is C14H18ClFN4O2. The second kappa shape index (κ2) is 7.64. The second-order valence-corrected chi connectivity index (χ2v) is 4.96. The van der Waals surface area contributed by atoms with Gasteiger partial charge in [-0.25, -0.2) is 4.39 Å². The summed E-state index contributed by atoms with van der Waals surface area (Å²) >= 11 is 0. The molecule has 1 aliphatic heterocycles. The Morgan fingerprint density at radius 3 is 3.00 bits per heavy atom. The van der Waals surface area contributed by atoms with Crippen LogP contribution < -0.4 is 5.73 Å². The van der Waals surface area contributed by atoms with E-state index in [1.54, 1.807) is 6.07 Å². The number of halogens is 2. The van der Waals surface area contributed by atoms with Gasteiger partial charge in [0.15, 0.2) is 5.82 Å². The summed E-state index contributed by atoms with van der Waals surface area (Å²) in [4.78, 5) is 6.35. The molecule has 8 heteroatoms. The van der Waals surface area contributed by atoms with Gasteiger partial charge in [-0.1, -0.05) is 17.3 Å². The van der Waals surface area contributed by atoms with Crippen molar-refractivity contribution in [1.82, 2.24) is 15.0 Å². The molecule has 0 radical (unpaired) electrons. The fraction of sp³-hybridized carbons (Fsp3) is 0.429. The van der Waals surface area contributed by atoms with Crippen LogP contribution in [0.15, 0.2) is 28.8 Å². The van der Waals surface area contributed by atoms with E-state index >= 15 is 0 Å². The minimum atomic E-state index is -0.251. The van der Waals surface area contributed by atoms with Gasteiger partial charge in [0.25, 0.3) is 0 Å². The molecule has 1 aromatic carbocycles. The Balaban J connectivity index is 0.00000176. The van der Waals surface area contributed by atoms with Crippen LogP contribution in [0, 0.1) is 5.82 Å². The zero-order chi connectivity index (χ0) is 14.7. The van der Waals surface area contributed by atoms with Gasteiger partial charge in [0.05, 0.1) is 25.8 Å². The van der Waals surface area contributed by atoms with Crippen LogP contribution in [0.1, 0.15) is 23.4 Å². The Morgan fingerprint density at radius 1 is 1.41 bits per heavy atom. The van der Waals surface area contributed by atoms with Crippen molar-refractivity contribution >= 4 is 12.4 Å². The maximum atomic E-state index is 13.3. The van der Waals surface area contributed by atoms with E-state index in [1.165, 1.54) is 12.1 Å². The normalized spacial score (nSPS) is 18.9. The highest BCUT2D eigenvalue weighted by Gasteiger charge is 2.23. The summed E-state index contributed by atoms with van der Waals surface area (Å²) in [6.07, 6.45) is -0.143. The first-order valence-electron chi connectivity index (χ1n) is 6.85. The van der Waals surface area contributed by atoms with Crippen molar-refractivity contribution in [3.05, 3.63) is 47.4 Å². The van der Waals surface area contributed by atoms with Crippen LogP contribution in [0.5, 0.6) is 0 Å². The number of ether oxygens (including phenoxy) is 1. The average molecular weight is 329 g/mol. The van der Waals surface area contributed by atoms with E-state index in [0.29, 0.717) is 31.4 Å². The largest absolute Gasteiger partial charge is 0.371 e. The number of hydrogen-bond donors (Lipinski definition) is 1. The molecule has 0 spiro atoms. The van der Waals surface area contributed by atoms with E-state index in [0.717, 1.165) is 12.1 Å². The maximum absolute atomic E-state index is 13.3. The lowest BCUT2D eigenvalue weighted by Crippen LogP contribution is -2.38. The number of nitrogens with zero attached hydrogens (tertiary/aromatic N) is 3. The Bertz CT molecular complexity index is 610. The number of benzene rings is 1. The SMILES string of the molecule is Cl.NCc1nc(CN2CCOC(c3cccc(F)c3)C2)no1. The third-order valence-electron chi connectivity index (χ3n) is 3.42. The lowest BCUT2D eigenvalue weighted by molar-refractivity contribution is -0.0339. The first kappa shape index (κ1) is 16.8. The van der Waals surface area contributed by atoms with Gasteiger partial charge < -0.3 is 15.0 Å². The molecule has 0 saturated carbocycles. The maximum Gasteiger partial charge on any atom is 0.240 e. The highest BCUT2D eigenvalue weighted by atomic mass is 35.5. The minimum Gasteiger partial charge on any atom is -0.371 e. The zero-order valence-corrected chi connectivity index (χ0v) is 12.8. The molecule has 22 heavy (non-hydrogen) atoms. The van der Waals surface area contributed by atoms with Gasteiger partial charge in [0.1, 0.15) is 5.82 Å². The van der Waals surface area contributed by atoms with Gasteiger partial charge in [-0.2, -0.15) is 4.98 Å². The first-order chi connectivity index (χ1) is 10.2. The van der Waals surface area contributed by atoms with Gasteiger partial charge in [0, 0.05) is 13.1 Å². The molecule has 0 amide bonds. The Labute approximate surface area is 133 Å². The quantitative estimate of drug-likeness (QED) is 0.919. The highest BCUT2D eigenvalue weighted by Crippen LogP contribution is 2.23. The molecule has 1 aromatic heterocycles. The summed E-state index contributed by atoms with van der Waals surface area (Å²) in [7, 11) is 0. The Hall–Kier alpha value is -1.54. The summed E-state index contributed by atoms with van der Waals surface area (Å²) < 4.78 is 24.0. The van der Waals surface area contributed by atoms with Gasteiger partial charge in [-0.05, 0) is 17.7 Å². The van der Waals surface area contributed by atoms with Gasteiger partial charge in [0.2, 0.25) is 5.89 Å². The lowest BCUT2D eigenvalue weighted by Gasteiger charge is -2.32. The summed E-state index contributed by atoms with van der Waals surface area (Å²) in [5.74, 6) is 0.786. The van der Waals surface area contributed by atoms with Crippen LogP contribution in [0.25, 0.3) is 0 Å². The summed E-state index contributed by atoms with van der Waals surface area (Å²) in [5.41, 5.74) is 6.29. The molecule has 2 aromatic rings. The van der Waals surface area contributed by atoms with Crippen molar-refractivity contribution in [2.75, 3.05) is 19.7 Å². The number of morpholine rings is 1. The predicted molar refractivity (Wildman–Crippen MR) is 79.8 cm³/mol. The summed E-state index contributed by atoms with van der Waals surface area (Å²) in [6.45, 7) is 2.83. The number of hydrogen-bond acceptors (Lipinski definition) is 6. The third kappa shape index (κ3) is 4.01. The molecule has 0 bridgehead atoms. The van der Waals surface area contributed by atoms with Crippen molar-refractivity contribution < 1.29 is 13.7 Å². The molecule has 1 unspecified atom stereocenters. The van der Waals surface area contributed by atoms with Crippen molar-refractivity contribution in [2.45, 2.75) is 19.2 Å². The molecule has 1 saturated heterocycles. The van der Waals surface area contributed by atoms with E-state index < -0.39 is 0 Å². The van der Waals surface area contributed by atoms with Gasteiger partial charge in [-0.15, -0.1) is 12.4 Å². The fourth-order valence-corrected chi connectivity index (χ4v) is 2.39. The van der Waals surface area contributed by atoms with Gasteiger partial charge in [-0.3, -0.25) is 4.90 Å². The van der Waals surface area contributed by atoms with Gasteiger partial charge >= 0.3 is 0 Å². The molecule has 1 fully saturated rings. The molecule has 0 aliphatic carbocycles. The molecular weight excluding hydrogens is 311 g/mol. The zero-order valence-electron chi connectivity index (χ0n) is 11.9. The van der Waals surface area contributed by atoms with Crippen LogP contribution in [0.2, 0.25) is 0 Å². The van der Waals surface area contributed by atoms with Crippen LogP contribution in [-0.2, 0) is 17.8 Å². The van der Waals surface area contributed by atoms with Crippen LogP contribution >= 0.6 is 12.4 Å². The fourth-order valence-electron chi connectivity index (χ4n) is 2.39. The van der Waals surface area contributed by atoms with Crippen molar-refractivity contribution in [2.24, 2.45) is 5.73 Å². The predicted octanol–water partition coefficient (Wildman–Crippen LogP) is 1.66. The molecule has 2 heterocycles. The average Bonchev–Trinajstić information content (AvgIpc) is 2.95. The third-order valence-corrected chi connectivity index (χ3v) is 3.42. The first-order valence-corrected chi connectivity index (χ1v) is 6.85. The van der Waals surface area contributed by atoms with E-state index in [2.05, 4.69) is 15.0 Å².